The summed E-state index contributed by atoms with van der Waals surface area (Å²) in [7, 11) is 0. The summed E-state index contributed by atoms with van der Waals surface area (Å²) < 4.78 is 109. The van der Waals surface area contributed by atoms with E-state index < -0.39 is 41.5 Å². The Morgan fingerprint density at radius 2 is 1.25 bits per heavy atom. The van der Waals surface area contributed by atoms with Gasteiger partial charge in [0.25, 0.3) is 6.17 Å². The Kier molecular flexibility index (Phi) is 12.0. The molecule has 1 aliphatic carbocycles. The molecule has 0 radical (unpaired) electrons. The second-order valence-electron chi connectivity index (χ2n) is 13.2. The van der Waals surface area contributed by atoms with Crippen LogP contribution in [0.2, 0.25) is 0 Å². The molecule has 6 rings (SSSR count). The molecule has 0 saturated carbocycles. The van der Waals surface area contributed by atoms with Gasteiger partial charge >= 0.3 is 24.2 Å². The topological polar surface area (TPSA) is 89.5 Å². The molecule has 2 atom stereocenters. The molecule has 1 aliphatic heterocycles. The van der Waals surface area contributed by atoms with Crippen molar-refractivity contribution in [2.24, 2.45) is 5.41 Å². The van der Waals surface area contributed by atoms with Crippen LogP contribution in [0.25, 0.3) is 11.1 Å². The lowest BCUT2D eigenvalue weighted by molar-refractivity contribution is -0.304. The number of esters is 2. The second-order valence-corrected chi connectivity index (χ2v) is 13.6. The predicted octanol–water partition coefficient (Wildman–Crippen LogP) is 9.91. The number of fused-ring (bicyclic) bond motifs is 3. The van der Waals surface area contributed by atoms with Gasteiger partial charge in [-0.3, -0.25) is 0 Å². The third-order valence-electron chi connectivity index (χ3n) is 9.25. The summed E-state index contributed by atoms with van der Waals surface area (Å²) >= 11 is 6.79. The zero-order valence-electron chi connectivity index (χ0n) is 29.3. The highest BCUT2D eigenvalue weighted by atomic mass is 35.5. The van der Waals surface area contributed by atoms with Crippen molar-refractivity contribution >= 4 is 23.5 Å². The van der Waals surface area contributed by atoms with Gasteiger partial charge in [0.15, 0.2) is 0 Å². The summed E-state index contributed by atoms with van der Waals surface area (Å²) in [5, 5.41) is -0.704. The maximum Gasteiger partial charge on any atom is 0.439 e. The van der Waals surface area contributed by atoms with Crippen molar-refractivity contribution in [1.82, 2.24) is 0 Å². The molecule has 0 amide bonds. The van der Waals surface area contributed by atoms with Crippen LogP contribution in [-0.2, 0) is 9.47 Å². The van der Waals surface area contributed by atoms with Crippen LogP contribution in [0.3, 0.4) is 0 Å². The Balaban J connectivity index is 0.987. The number of carbonyl (C=O) groups is 2. The zero-order chi connectivity index (χ0) is 39.4. The number of hydrogen-bond donors (Lipinski definition) is 0. The molecule has 8 nitrogen and oxygen atoms in total. The first kappa shape index (κ1) is 39.9. The summed E-state index contributed by atoms with van der Waals surface area (Å²) in [5.74, 6) is -1.33. The number of carbonyl (C=O) groups excluding carboxylic acids is 2. The second kappa shape index (κ2) is 16.5. The molecular weight excluding hydrogens is 758 g/mol. The van der Waals surface area contributed by atoms with Gasteiger partial charge in [-0.15, -0.1) is 11.6 Å². The quantitative estimate of drug-likeness (QED) is 0.0364. The zero-order valence-corrected chi connectivity index (χ0v) is 30.1. The van der Waals surface area contributed by atoms with Crippen molar-refractivity contribution in [2.45, 2.75) is 50.0 Å². The number of alkyl halides is 7. The van der Waals surface area contributed by atoms with Gasteiger partial charge in [0, 0.05) is 12.0 Å². The Labute approximate surface area is 317 Å². The van der Waals surface area contributed by atoms with E-state index in [1.54, 1.807) is 48.5 Å². The van der Waals surface area contributed by atoms with Crippen LogP contribution >= 0.6 is 11.6 Å². The predicted molar refractivity (Wildman–Crippen MR) is 188 cm³/mol. The smallest absolute Gasteiger partial charge is 0.439 e. The number of unbranched alkanes of at least 4 members (excludes halogenated alkanes) is 1. The summed E-state index contributed by atoms with van der Waals surface area (Å²) in [5.41, 5.74) is 3.10. The lowest BCUT2D eigenvalue weighted by Crippen LogP contribution is -2.45. The van der Waals surface area contributed by atoms with E-state index in [-0.39, 0.29) is 22.5 Å². The summed E-state index contributed by atoms with van der Waals surface area (Å²) in [6, 6.07) is 19.9. The normalized spacial score (nSPS) is 16.3. The average Bonchev–Trinajstić information content (AvgIpc) is 3.41. The molecule has 1 saturated heterocycles. The van der Waals surface area contributed by atoms with E-state index in [1.807, 2.05) is 0 Å². The van der Waals surface area contributed by atoms with Gasteiger partial charge in [-0.2, -0.15) is 22.0 Å². The molecule has 4 aromatic carbocycles. The molecule has 0 aromatic heterocycles. The van der Waals surface area contributed by atoms with E-state index in [9.17, 15) is 35.9 Å². The largest absolute Gasteiger partial charge is 0.494 e. The fraction of sp³-hybridized carbons (Fsp3) is 0.350. The summed E-state index contributed by atoms with van der Waals surface area (Å²) in [6.07, 6.45) is -12.9. The standard InChI is InChI=1S/C40H35ClF6O8/c1-2-38(22-51-23-38)21-50-17-3-4-18-52-26-9-5-24(6-10-26)35(48)53-28-13-15-30-31-16-14-29(20-33(31)34(41)32(30)19-28)54-36(49)25-7-11-27(12-8-25)55-40(46,47)37(42)39(43,44)45/h5-16,19-20,34,37H,2-4,17-18,21-23H2,1H3. The van der Waals surface area contributed by atoms with E-state index in [0.29, 0.717) is 42.3 Å². The van der Waals surface area contributed by atoms with Crippen molar-refractivity contribution in [3.05, 3.63) is 107 Å². The van der Waals surface area contributed by atoms with Crippen LogP contribution < -0.4 is 18.9 Å². The molecule has 15 heteroatoms. The van der Waals surface area contributed by atoms with E-state index >= 15 is 0 Å². The van der Waals surface area contributed by atoms with Crippen LogP contribution in [-0.4, -0.2) is 63.4 Å². The van der Waals surface area contributed by atoms with Crippen LogP contribution in [0.1, 0.15) is 63.4 Å². The van der Waals surface area contributed by atoms with Crippen LogP contribution in [0.5, 0.6) is 23.0 Å². The Morgan fingerprint density at radius 1 is 0.764 bits per heavy atom. The molecule has 0 N–H and O–H groups in total. The number of benzene rings is 4. The van der Waals surface area contributed by atoms with Gasteiger partial charge < -0.3 is 28.4 Å². The number of hydrogen-bond acceptors (Lipinski definition) is 8. The monoisotopic (exact) mass is 792 g/mol. The van der Waals surface area contributed by atoms with Gasteiger partial charge in [-0.05, 0) is 114 Å². The fourth-order valence-corrected chi connectivity index (χ4v) is 6.29. The van der Waals surface area contributed by atoms with Crippen molar-refractivity contribution in [3.63, 3.8) is 0 Å². The van der Waals surface area contributed by atoms with Gasteiger partial charge in [0.05, 0.1) is 42.9 Å². The minimum Gasteiger partial charge on any atom is -0.494 e. The molecule has 55 heavy (non-hydrogen) atoms. The molecule has 1 heterocycles. The molecule has 292 valence electrons. The highest BCUT2D eigenvalue weighted by Gasteiger charge is 2.59. The van der Waals surface area contributed by atoms with Crippen molar-refractivity contribution in [1.29, 1.82) is 0 Å². The summed E-state index contributed by atoms with van der Waals surface area (Å²) in [4.78, 5) is 25.7. The molecule has 4 aromatic rings. The number of ether oxygens (including phenoxy) is 6. The molecule has 2 aliphatic rings. The molecule has 0 bridgehead atoms. The maximum atomic E-state index is 13.6. The van der Waals surface area contributed by atoms with Gasteiger partial charge in [-0.1, -0.05) is 19.1 Å². The van der Waals surface area contributed by atoms with Gasteiger partial charge in [0.1, 0.15) is 23.0 Å². The molecular formula is C40H35ClF6O8. The van der Waals surface area contributed by atoms with Gasteiger partial charge in [-0.25, -0.2) is 14.0 Å². The van der Waals surface area contributed by atoms with E-state index in [0.717, 1.165) is 67.9 Å². The Morgan fingerprint density at radius 3 is 1.73 bits per heavy atom. The lowest BCUT2D eigenvalue weighted by atomic mass is 9.84. The van der Waals surface area contributed by atoms with E-state index in [4.69, 9.17) is 35.3 Å². The van der Waals surface area contributed by atoms with Crippen LogP contribution in [0.15, 0.2) is 84.9 Å². The van der Waals surface area contributed by atoms with Crippen molar-refractivity contribution in [3.8, 4) is 34.1 Å². The minimum absolute atomic E-state index is 0.0904. The van der Waals surface area contributed by atoms with Crippen LogP contribution in [0.4, 0.5) is 26.3 Å². The first-order chi connectivity index (χ1) is 26.2. The SMILES string of the molecule is CCC1(COCCCCOc2ccc(C(=O)Oc3ccc4c(c3)C(Cl)c3cc(OC(=O)c5ccc(OC(F)(F)C(F)C(F)(F)F)cc5)ccc3-4)cc2)COC1. The Bertz CT molecular complexity index is 1980. The first-order valence-corrected chi connectivity index (χ1v) is 17.7. The van der Waals surface area contributed by atoms with Crippen LogP contribution in [0, 0.1) is 5.41 Å². The fourth-order valence-electron chi connectivity index (χ4n) is 5.93. The van der Waals surface area contributed by atoms with Crippen molar-refractivity contribution in [2.75, 3.05) is 33.0 Å². The Hall–Kier alpha value is -4.79. The molecule has 0 spiro atoms. The highest BCUT2D eigenvalue weighted by molar-refractivity contribution is 6.25. The number of rotatable bonds is 16. The third kappa shape index (κ3) is 9.37. The summed E-state index contributed by atoms with van der Waals surface area (Å²) in [6.45, 7) is 5.53. The lowest BCUT2D eigenvalue weighted by Gasteiger charge is -2.40. The third-order valence-corrected chi connectivity index (χ3v) is 9.72. The number of halogens is 7. The minimum atomic E-state index is -5.84. The van der Waals surface area contributed by atoms with Gasteiger partial charge in [0.2, 0.25) is 0 Å². The maximum absolute atomic E-state index is 13.6. The van der Waals surface area contributed by atoms with Crippen molar-refractivity contribution < 1.29 is 64.4 Å². The first-order valence-electron chi connectivity index (χ1n) is 17.3. The highest BCUT2D eigenvalue weighted by Crippen LogP contribution is 2.49. The molecule has 1 fully saturated rings. The van der Waals surface area contributed by atoms with E-state index in [1.165, 1.54) is 12.1 Å². The average molecular weight is 793 g/mol. The molecule has 2 unspecified atom stereocenters. The van der Waals surface area contributed by atoms with E-state index in [2.05, 4.69) is 11.7 Å².